The molecule has 10 heteroatoms. The molecule has 2 aromatic carbocycles. The molecule has 3 aliphatic rings. The Morgan fingerprint density at radius 1 is 1.17 bits per heavy atom. The molecule has 214 valence electrons. The number of fused-ring (bicyclic) bond motifs is 3. The third kappa shape index (κ3) is 5.58. The number of phenols is 1. The van der Waals surface area contributed by atoms with Gasteiger partial charge in [-0.15, -0.1) is 0 Å². The number of halogens is 1. The highest BCUT2D eigenvalue weighted by molar-refractivity contribution is 6.43. The lowest BCUT2D eigenvalue weighted by molar-refractivity contribution is -0.137. The van der Waals surface area contributed by atoms with E-state index in [4.69, 9.17) is 21.0 Å². The van der Waals surface area contributed by atoms with Crippen LogP contribution in [-0.2, 0) is 19.0 Å². The molecule has 0 radical (unpaired) electrons. The number of nitrogens with zero attached hydrogens (tertiary/aromatic N) is 1. The van der Waals surface area contributed by atoms with Gasteiger partial charge in [0.05, 0.1) is 30.1 Å². The van der Waals surface area contributed by atoms with Crippen molar-refractivity contribution in [2.75, 3.05) is 7.11 Å². The Balaban J connectivity index is 1.50. The average molecular weight is 578 g/mol. The molecular formula is C31H33BClNO7. The summed E-state index contributed by atoms with van der Waals surface area (Å²) in [6.45, 7) is 4.09. The van der Waals surface area contributed by atoms with Crippen molar-refractivity contribution in [3.63, 3.8) is 0 Å². The van der Waals surface area contributed by atoms with Crippen molar-refractivity contribution in [1.82, 2.24) is 4.90 Å². The molecule has 2 saturated heterocycles. The van der Waals surface area contributed by atoms with Gasteiger partial charge in [-0.2, -0.15) is 4.90 Å². The lowest BCUT2D eigenvalue weighted by atomic mass is 9.57. The van der Waals surface area contributed by atoms with Crippen molar-refractivity contribution < 1.29 is 33.9 Å². The van der Waals surface area contributed by atoms with E-state index in [1.54, 1.807) is 12.1 Å². The summed E-state index contributed by atoms with van der Waals surface area (Å²) in [7, 11) is 0.0255. The number of carbonyl (C=O) groups is 3. The molecule has 4 atom stereocenters. The zero-order valence-corrected chi connectivity index (χ0v) is 24.0. The minimum Gasteiger partial charge on any atom is -0.508 e. The Hall–Kier alpha value is -3.40. The second-order valence-corrected chi connectivity index (χ2v) is 11.6. The van der Waals surface area contributed by atoms with Crippen LogP contribution in [0.1, 0.15) is 44.2 Å². The number of methoxy groups -OCH3 is 1. The van der Waals surface area contributed by atoms with Gasteiger partial charge in [0.1, 0.15) is 5.75 Å². The number of imide groups is 3. The number of hydrogen-bond donors (Lipinski definition) is 2. The van der Waals surface area contributed by atoms with Gasteiger partial charge < -0.3 is 19.5 Å². The Labute approximate surface area is 244 Å². The lowest BCUT2D eigenvalue weighted by Crippen LogP contribution is -2.46. The van der Waals surface area contributed by atoms with Gasteiger partial charge in [-0.05, 0) is 84.0 Å². The van der Waals surface area contributed by atoms with Crippen LogP contribution in [0.5, 0.6) is 5.75 Å². The summed E-state index contributed by atoms with van der Waals surface area (Å²) >= 11 is 6.43. The highest BCUT2D eigenvalue weighted by Gasteiger charge is 2.59. The number of phenolic OH excluding ortho intramolecular Hbond substituents is 1. The molecule has 41 heavy (non-hydrogen) atoms. The van der Waals surface area contributed by atoms with E-state index in [0.717, 1.165) is 35.0 Å². The Morgan fingerprint density at radius 3 is 2.56 bits per heavy atom. The molecule has 2 aliphatic heterocycles. The summed E-state index contributed by atoms with van der Waals surface area (Å²) in [6.07, 6.45) is 2.12. The van der Waals surface area contributed by atoms with Gasteiger partial charge in [0, 0.05) is 0 Å². The second kappa shape index (κ2) is 11.8. The van der Waals surface area contributed by atoms with Crippen molar-refractivity contribution in [3.05, 3.63) is 75.8 Å². The number of ether oxygens (including phenoxy) is 1. The van der Waals surface area contributed by atoms with Crippen molar-refractivity contribution in [1.29, 1.82) is 0 Å². The molecule has 2 N–H and O–H groups in total. The minimum absolute atomic E-state index is 0.0739. The first-order valence-electron chi connectivity index (χ1n) is 13.9. The molecule has 0 saturated carbocycles. The molecule has 0 unspecified atom stereocenters. The molecule has 0 spiro atoms. The third-order valence-corrected chi connectivity index (χ3v) is 8.76. The van der Waals surface area contributed by atoms with E-state index in [9.17, 15) is 24.5 Å². The zero-order chi connectivity index (χ0) is 29.4. The molecular weight excluding hydrogens is 545 g/mol. The Kier molecular flexibility index (Phi) is 8.41. The van der Waals surface area contributed by atoms with Gasteiger partial charge in [0.2, 0.25) is 11.8 Å². The van der Waals surface area contributed by atoms with E-state index < -0.39 is 48.9 Å². The Bertz CT molecular complexity index is 1420. The van der Waals surface area contributed by atoms with Crippen LogP contribution in [0.2, 0.25) is 11.3 Å². The number of likely N-dealkylation sites (tertiary alicyclic amines) is 1. The number of rotatable bonds is 6. The SMILES string of the molecule is COC(=O)N1C(=O)[C@@H]2[C@@H](CC(C(C)C)=C3[C@@H](CC/C(=C/c4ccc(O)cc4Cl)c4ccccc4)OB(O)C[C@@H]32)C1=O. The van der Waals surface area contributed by atoms with E-state index in [2.05, 4.69) is 0 Å². The largest absolute Gasteiger partial charge is 0.508 e. The highest BCUT2D eigenvalue weighted by Crippen LogP contribution is 2.52. The standard InChI is InChI=1S/C31H33BClNO7/c1-17(2)22-15-23-28(30(37)34(29(23)36)31(38)40-3)24-16-32(39)41-26(27(22)24)12-10-19(18-7-5-4-6-8-18)13-20-9-11-21(35)14-25(20)33/h4-9,11,13-14,17,23-24,26,28,35,39H,10,12,15-16H2,1-3H3/b19-13-/t23-,24+,26-,28-/m1/s1. The van der Waals surface area contributed by atoms with Crippen LogP contribution in [0.15, 0.2) is 59.7 Å². The van der Waals surface area contributed by atoms with E-state index in [0.29, 0.717) is 29.2 Å². The summed E-state index contributed by atoms with van der Waals surface area (Å²) in [5, 5.41) is 21.0. The predicted molar refractivity (Wildman–Crippen MR) is 156 cm³/mol. The molecule has 2 aromatic rings. The van der Waals surface area contributed by atoms with Crippen LogP contribution in [0.4, 0.5) is 4.79 Å². The maximum Gasteiger partial charge on any atom is 0.455 e. The predicted octanol–water partition coefficient (Wildman–Crippen LogP) is 5.59. The third-order valence-electron chi connectivity index (χ3n) is 8.43. The van der Waals surface area contributed by atoms with Crippen LogP contribution < -0.4 is 0 Å². The fourth-order valence-electron chi connectivity index (χ4n) is 6.58. The Morgan fingerprint density at radius 2 is 1.90 bits per heavy atom. The average Bonchev–Trinajstić information content (AvgIpc) is 3.20. The van der Waals surface area contributed by atoms with Gasteiger partial charge in [-0.25, -0.2) is 4.79 Å². The first-order chi connectivity index (χ1) is 19.6. The summed E-state index contributed by atoms with van der Waals surface area (Å²) in [6, 6.07) is 14.7. The zero-order valence-electron chi connectivity index (χ0n) is 23.2. The van der Waals surface area contributed by atoms with E-state index in [1.807, 2.05) is 50.3 Å². The van der Waals surface area contributed by atoms with Crippen molar-refractivity contribution in [2.45, 2.75) is 45.5 Å². The number of amides is 3. The second-order valence-electron chi connectivity index (χ2n) is 11.2. The summed E-state index contributed by atoms with van der Waals surface area (Å²) < 4.78 is 10.9. The molecule has 8 nitrogen and oxygen atoms in total. The molecule has 3 amide bonds. The van der Waals surface area contributed by atoms with E-state index in [-0.39, 0.29) is 18.0 Å². The molecule has 1 aliphatic carbocycles. The van der Waals surface area contributed by atoms with Gasteiger partial charge in [0.15, 0.2) is 0 Å². The van der Waals surface area contributed by atoms with Gasteiger partial charge >= 0.3 is 13.2 Å². The lowest BCUT2D eigenvalue weighted by Gasteiger charge is -2.44. The van der Waals surface area contributed by atoms with E-state index >= 15 is 0 Å². The summed E-state index contributed by atoms with van der Waals surface area (Å²) in [5.74, 6) is -2.81. The van der Waals surface area contributed by atoms with Crippen LogP contribution in [0.3, 0.4) is 0 Å². The molecule has 5 rings (SSSR count). The van der Waals surface area contributed by atoms with Gasteiger partial charge in [-0.1, -0.05) is 61.4 Å². The van der Waals surface area contributed by atoms with Gasteiger partial charge in [-0.3, -0.25) is 9.59 Å². The summed E-state index contributed by atoms with van der Waals surface area (Å²) in [4.78, 5) is 39.6. The van der Waals surface area contributed by atoms with Crippen LogP contribution >= 0.6 is 11.6 Å². The van der Waals surface area contributed by atoms with Crippen LogP contribution in [0, 0.1) is 23.7 Å². The molecule has 2 fully saturated rings. The first kappa shape index (κ1) is 29.1. The van der Waals surface area contributed by atoms with Crippen molar-refractivity contribution in [3.8, 4) is 5.75 Å². The number of carbonyl (C=O) groups excluding carboxylic acids is 3. The fraction of sp³-hybridized carbons (Fsp3) is 0.387. The van der Waals surface area contributed by atoms with Crippen LogP contribution in [0.25, 0.3) is 11.6 Å². The van der Waals surface area contributed by atoms with Gasteiger partial charge in [0.25, 0.3) is 0 Å². The first-order valence-corrected chi connectivity index (χ1v) is 14.2. The highest BCUT2D eigenvalue weighted by atomic mass is 35.5. The number of benzene rings is 2. The number of allylic oxidation sites excluding steroid dienone is 2. The van der Waals surface area contributed by atoms with Crippen molar-refractivity contribution >= 4 is 48.3 Å². The van der Waals surface area contributed by atoms with Crippen molar-refractivity contribution in [2.24, 2.45) is 23.7 Å². The molecule has 0 bridgehead atoms. The summed E-state index contributed by atoms with van der Waals surface area (Å²) in [5.41, 5.74) is 4.73. The molecule has 0 aromatic heterocycles. The maximum absolute atomic E-state index is 13.4. The smallest absolute Gasteiger partial charge is 0.455 e. The monoisotopic (exact) mass is 577 g/mol. The topological polar surface area (TPSA) is 113 Å². The number of aromatic hydroxyl groups is 1. The number of hydrogen-bond acceptors (Lipinski definition) is 7. The fourth-order valence-corrected chi connectivity index (χ4v) is 6.81. The van der Waals surface area contributed by atoms with E-state index in [1.165, 1.54) is 6.07 Å². The van der Waals surface area contributed by atoms with Crippen LogP contribution in [-0.4, -0.2) is 53.3 Å². The molecule has 2 heterocycles. The minimum atomic E-state index is -1.12. The quantitative estimate of drug-likeness (QED) is 0.199. The maximum atomic E-state index is 13.4. The normalized spacial score (nSPS) is 24.6.